The van der Waals surface area contributed by atoms with Gasteiger partial charge in [-0.15, -0.1) is 5.10 Å². The summed E-state index contributed by atoms with van der Waals surface area (Å²) in [6.45, 7) is 3.56. The molecule has 0 saturated carbocycles. The van der Waals surface area contributed by atoms with Crippen LogP contribution in [0.2, 0.25) is 0 Å². The van der Waals surface area contributed by atoms with E-state index in [4.69, 9.17) is 4.74 Å². The van der Waals surface area contributed by atoms with Crippen LogP contribution in [0.15, 0.2) is 30.5 Å². The smallest absolute Gasteiger partial charge is 0.119 e. The van der Waals surface area contributed by atoms with Gasteiger partial charge in [0.2, 0.25) is 0 Å². The van der Waals surface area contributed by atoms with Gasteiger partial charge in [-0.2, -0.15) is 0 Å². The third kappa shape index (κ3) is 3.23. The highest BCUT2D eigenvalue weighted by Crippen LogP contribution is 2.16. The fourth-order valence-electron chi connectivity index (χ4n) is 1.55. The summed E-state index contributed by atoms with van der Waals surface area (Å²) in [6, 6.07) is 7.96. The minimum Gasteiger partial charge on any atom is -0.494 e. The zero-order valence-corrected chi connectivity index (χ0v) is 10.8. The first-order valence-corrected chi connectivity index (χ1v) is 6.10. The third-order valence-electron chi connectivity index (χ3n) is 2.61. The van der Waals surface area contributed by atoms with Gasteiger partial charge in [-0.3, -0.25) is 4.68 Å². The largest absolute Gasteiger partial charge is 0.494 e. The van der Waals surface area contributed by atoms with Crippen LogP contribution >= 0.6 is 0 Å². The molecule has 0 radical (unpaired) electrons. The first-order chi connectivity index (χ1) is 8.79. The topological polar surface area (TPSA) is 52.0 Å². The summed E-state index contributed by atoms with van der Waals surface area (Å²) in [4.78, 5) is 0. The van der Waals surface area contributed by atoms with Crippen molar-refractivity contribution in [2.75, 3.05) is 11.9 Å². The average molecular weight is 246 g/mol. The molecule has 0 bridgehead atoms. The van der Waals surface area contributed by atoms with Gasteiger partial charge < -0.3 is 10.1 Å². The number of rotatable bonds is 6. The van der Waals surface area contributed by atoms with Crippen molar-refractivity contribution < 1.29 is 4.74 Å². The molecule has 1 aromatic heterocycles. The molecule has 2 rings (SSSR count). The van der Waals surface area contributed by atoms with Crippen LogP contribution in [0.25, 0.3) is 0 Å². The Morgan fingerprint density at radius 2 is 2.06 bits per heavy atom. The van der Waals surface area contributed by atoms with E-state index in [0.29, 0.717) is 6.54 Å². The summed E-state index contributed by atoms with van der Waals surface area (Å²) in [5.74, 6) is 0.907. The number of hydrogen-bond acceptors (Lipinski definition) is 4. The second-order valence-electron chi connectivity index (χ2n) is 4.08. The highest BCUT2D eigenvalue weighted by molar-refractivity contribution is 5.46. The second-order valence-corrected chi connectivity index (χ2v) is 4.08. The molecule has 0 amide bonds. The molecule has 1 aromatic carbocycles. The van der Waals surface area contributed by atoms with E-state index in [1.807, 2.05) is 31.3 Å². The number of anilines is 1. The van der Waals surface area contributed by atoms with Crippen LogP contribution in [-0.4, -0.2) is 21.6 Å². The maximum absolute atomic E-state index is 5.53. The van der Waals surface area contributed by atoms with E-state index < -0.39 is 0 Å². The maximum Gasteiger partial charge on any atom is 0.119 e. The van der Waals surface area contributed by atoms with E-state index in [0.717, 1.165) is 30.2 Å². The lowest BCUT2D eigenvalue weighted by atomic mass is 10.3. The normalized spacial score (nSPS) is 10.3. The van der Waals surface area contributed by atoms with Crippen LogP contribution in [0.3, 0.4) is 0 Å². The van der Waals surface area contributed by atoms with Crippen LogP contribution < -0.4 is 10.1 Å². The summed E-state index contributed by atoms with van der Waals surface area (Å²) < 4.78 is 7.28. The zero-order valence-electron chi connectivity index (χ0n) is 10.8. The van der Waals surface area contributed by atoms with Crippen molar-refractivity contribution in [1.29, 1.82) is 0 Å². The summed E-state index contributed by atoms with van der Waals surface area (Å²) in [7, 11) is 1.88. The highest BCUT2D eigenvalue weighted by atomic mass is 16.5. The van der Waals surface area contributed by atoms with E-state index in [-0.39, 0.29) is 0 Å². The van der Waals surface area contributed by atoms with E-state index in [9.17, 15) is 0 Å². The molecule has 0 unspecified atom stereocenters. The van der Waals surface area contributed by atoms with Gasteiger partial charge in [-0.25, -0.2) is 0 Å². The van der Waals surface area contributed by atoms with Crippen molar-refractivity contribution in [2.24, 2.45) is 7.05 Å². The Hall–Kier alpha value is -2.04. The van der Waals surface area contributed by atoms with Crippen molar-refractivity contribution in [3.05, 3.63) is 36.2 Å². The minimum absolute atomic E-state index is 0.707. The predicted molar refractivity (Wildman–Crippen MR) is 70.6 cm³/mol. The third-order valence-corrected chi connectivity index (χ3v) is 2.61. The van der Waals surface area contributed by atoms with Crippen LogP contribution in [0.4, 0.5) is 5.69 Å². The minimum atomic E-state index is 0.707. The summed E-state index contributed by atoms with van der Waals surface area (Å²) in [5, 5.41) is 11.0. The molecule has 5 nitrogen and oxygen atoms in total. The standard InChI is InChI=1S/C13H18N4O/c1-3-8-18-13-6-4-11(5-7-13)14-9-12-10-15-16-17(12)2/h4-7,10,14H,3,8-9H2,1-2H3. The van der Waals surface area contributed by atoms with Gasteiger partial charge in [-0.1, -0.05) is 12.1 Å². The average Bonchev–Trinajstić information content (AvgIpc) is 2.81. The monoisotopic (exact) mass is 246 g/mol. The number of benzene rings is 1. The molecule has 1 N–H and O–H groups in total. The van der Waals surface area contributed by atoms with Crippen LogP contribution in [0, 0.1) is 0 Å². The van der Waals surface area contributed by atoms with Crippen LogP contribution in [0.1, 0.15) is 19.0 Å². The summed E-state index contributed by atoms with van der Waals surface area (Å²) in [5.41, 5.74) is 2.10. The fourth-order valence-corrected chi connectivity index (χ4v) is 1.55. The number of ether oxygens (including phenoxy) is 1. The number of nitrogens with one attached hydrogen (secondary N) is 1. The molecule has 0 aliphatic carbocycles. The van der Waals surface area contributed by atoms with Crippen molar-refractivity contribution in [1.82, 2.24) is 15.0 Å². The lowest BCUT2D eigenvalue weighted by Crippen LogP contribution is -2.05. The quantitative estimate of drug-likeness (QED) is 0.849. The molecule has 0 aliphatic rings. The Bertz CT molecular complexity index is 478. The molecule has 2 aromatic rings. The molecule has 18 heavy (non-hydrogen) atoms. The molecule has 0 atom stereocenters. The number of nitrogens with zero attached hydrogens (tertiary/aromatic N) is 3. The Morgan fingerprint density at radius 1 is 1.28 bits per heavy atom. The van der Waals surface area contributed by atoms with Gasteiger partial charge >= 0.3 is 0 Å². The fraction of sp³-hybridized carbons (Fsp3) is 0.385. The Balaban J connectivity index is 1.88. The Labute approximate surface area is 107 Å². The maximum atomic E-state index is 5.53. The molecular formula is C13H18N4O. The van der Waals surface area contributed by atoms with Crippen molar-refractivity contribution >= 4 is 5.69 Å². The van der Waals surface area contributed by atoms with E-state index in [1.54, 1.807) is 10.9 Å². The zero-order chi connectivity index (χ0) is 12.8. The molecule has 5 heteroatoms. The van der Waals surface area contributed by atoms with Gasteiger partial charge in [0.15, 0.2) is 0 Å². The van der Waals surface area contributed by atoms with E-state index >= 15 is 0 Å². The number of aryl methyl sites for hydroxylation is 1. The van der Waals surface area contributed by atoms with E-state index in [1.165, 1.54) is 0 Å². The van der Waals surface area contributed by atoms with Crippen LogP contribution in [0.5, 0.6) is 5.75 Å². The van der Waals surface area contributed by atoms with Crippen LogP contribution in [-0.2, 0) is 13.6 Å². The number of aromatic nitrogens is 3. The highest BCUT2D eigenvalue weighted by Gasteiger charge is 2.00. The lowest BCUT2D eigenvalue weighted by molar-refractivity contribution is 0.317. The summed E-state index contributed by atoms with van der Waals surface area (Å²) in [6.07, 6.45) is 2.78. The van der Waals surface area contributed by atoms with Crippen molar-refractivity contribution in [2.45, 2.75) is 19.9 Å². The Morgan fingerprint density at radius 3 is 2.67 bits per heavy atom. The molecular weight excluding hydrogens is 228 g/mol. The molecule has 0 spiro atoms. The first kappa shape index (κ1) is 12.4. The molecule has 0 aliphatic heterocycles. The van der Waals surface area contributed by atoms with Gasteiger partial charge in [0, 0.05) is 12.7 Å². The first-order valence-electron chi connectivity index (χ1n) is 6.10. The number of hydrogen-bond donors (Lipinski definition) is 1. The molecule has 0 fully saturated rings. The van der Waals surface area contributed by atoms with Gasteiger partial charge in [0.25, 0.3) is 0 Å². The molecule has 1 heterocycles. The van der Waals surface area contributed by atoms with Crippen molar-refractivity contribution in [3.8, 4) is 5.75 Å². The summed E-state index contributed by atoms with van der Waals surface area (Å²) >= 11 is 0. The SMILES string of the molecule is CCCOc1ccc(NCc2cnnn2C)cc1. The second kappa shape index (κ2) is 6.05. The Kier molecular flexibility index (Phi) is 4.17. The van der Waals surface area contributed by atoms with Gasteiger partial charge in [-0.05, 0) is 30.7 Å². The molecule has 96 valence electrons. The van der Waals surface area contributed by atoms with E-state index in [2.05, 4.69) is 22.6 Å². The predicted octanol–water partition coefficient (Wildman–Crippen LogP) is 2.22. The van der Waals surface area contributed by atoms with Gasteiger partial charge in [0.05, 0.1) is 25.0 Å². The van der Waals surface area contributed by atoms with Crippen molar-refractivity contribution in [3.63, 3.8) is 0 Å². The lowest BCUT2D eigenvalue weighted by Gasteiger charge is -2.08. The molecule has 0 saturated heterocycles. The van der Waals surface area contributed by atoms with Gasteiger partial charge in [0.1, 0.15) is 5.75 Å².